The molecule has 0 saturated heterocycles. The van der Waals surface area contributed by atoms with Crippen LogP contribution in [-0.2, 0) is 36.6 Å². The molecule has 0 spiro atoms. The molecule has 1 aromatic heterocycles. The first-order chi connectivity index (χ1) is 12.5. The van der Waals surface area contributed by atoms with Gasteiger partial charge >= 0.3 is 16.5 Å². The summed E-state index contributed by atoms with van der Waals surface area (Å²) in [6, 6.07) is 6.00. The summed E-state index contributed by atoms with van der Waals surface area (Å²) in [6.45, 7) is 0. The van der Waals surface area contributed by atoms with E-state index in [1.807, 2.05) is 42.2 Å². The van der Waals surface area contributed by atoms with Crippen LogP contribution < -0.4 is 4.57 Å². The molecule has 0 radical (unpaired) electrons. The molecule has 0 N–H and O–H groups in total. The first kappa shape index (κ1) is 27.4. The van der Waals surface area contributed by atoms with Crippen LogP contribution >= 0.6 is 0 Å². The molecule has 170 valence electrons. The summed E-state index contributed by atoms with van der Waals surface area (Å²) >= 11 is 0. The van der Waals surface area contributed by atoms with Crippen LogP contribution in [0, 0.1) is 3.91 Å². The van der Waals surface area contributed by atoms with Crippen LogP contribution in [0.3, 0.4) is 0 Å². The fourth-order valence-electron chi connectivity index (χ4n) is 1.20. The molecule has 0 aliphatic rings. The normalized spacial score (nSPS) is 14.3. The van der Waals surface area contributed by atoms with Gasteiger partial charge in [0.1, 0.15) is 7.05 Å². The molecule has 0 aromatic carbocycles. The van der Waals surface area contributed by atoms with Crippen molar-refractivity contribution in [3.8, 4) is 0 Å². The quantitative estimate of drug-likeness (QED) is 0.352. The van der Waals surface area contributed by atoms with Crippen LogP contribution in [-0.4, -0.2) is 41.8 Å². The molecule has 7 nitrogen and oxygen atoms in total. The van der Waals surface area contributed by atoms with Gasteiger partial charge in [-0.05, 0) is 0 Å². The summed E-state index contributed by atoms with van der Waals surface area (Å²) in [4.78, 5) is 0. The molecule has 0 aliphatic heterocycles. The molecule has 1 heterocycles. The number of alkyl halides is 9. The number of nitrogens with zero attached hydrogens (tertiary/aromatic N) is 1. The van der Waals surface area contributed by atoms with Crippen molar-refractivity contribution in [3.05, 3.63) is 34.5 Å². The Kier molecular flexibility index (Phi) is 7.78. The zero-order chi connectivity index (χ0) is 23.7. The lowest BCUT2D eigenvalue weighted by Crippen LogP contribution is -2.47. The summed E-state index contributed by atoms with van der Waals surface area (Å²) in [6.07, 6.45) is 4.00. The molecular weight excluding hydrogens is 497 g/mol. The highest BCUT2D eigenvalue weighted by Crippen LogP contribution is 2.47. The van der Waals surface area contributed by atoms with Crippen LogP contribution in [0.2, 0.25) is 0 Å². The fraction of sp³-hybridized carbons (Fsp3) is 0.400. The number of hydrogen-bond acceptors (Lipinski definition) is 6. The number of rotatable bonds is 3. The first-order valence-corrected chi connectivity index (χ1v) is 10.7. The second-order valence-corrected chi connectivity index (χ2v) is 11.0. The average Bonchev–Trinajstić information content (AvgIpc) is 2.44. The molecule has 1 rings (SSSR count). The number of hydrogen-bond donors (Lipinski definition) is 0. The highest BCUT2D eigenvalue weighted by atomic mass is 32.3. The van der Waals surface area contributed by atoms with Gasteiger partial charge in [-0.1, -0.05) is 6.07 Å². The molecule has 29 heavy (non-hydrogen) atoms. The van der Waals surface area contributed by atoms with Crippen LogP contribution in [0.4, 0.5) is 39.5 Å². The Bertz CT molecular complexity index is 905. The van der Waals surface area contributed by atoms with E-state index in [0.717, 1.165) is 0 Å². The predicted octanol–water partition coefficient (Wildman–Crippen LogP) is 1.75. The largest absolute Gasteiger partial charge is 0.470 e. The molecule has 0 unspecified atom stereocenters. The SMILES string of the molecule is C[n+]1ccccc1.O=S(=O)([C-](S(=O)(=O)C(F)(F)F)S(=O)(=O)C(F)(F)F)C(F)(F)F. The Morgan fingerprint density at radius 3 is 0.966 bits per heavy atom. The summed E-state index contributed by atoms with van der Waals surface area (Å²) in [5.41, 5.74) is -21.2. The molecule has 1 aromatic rings. The van der Waals surface area contributed by atoms with Crippen LogP contribution in [0.5, 0.6) is 0 Å². The van der Waals surface area contributed by atoms with E-state index in [4.69, 9.17) is 0 Å². The van der Waals surface area contributed by atoms with E-state index < -0.39 is 50.0 Å². The summed E-state index contributed by atoms with van der Waals surface area (Å²) in [5.74, 6) is 0. The lowest BCUT2D eigenvalue weighted by molar-refractivity contribution is -0.671. The number of halogens is 9. The van der Waals surface area contributed by atoms with Gasteiger partial charge in [0.05, 0.1) is 3.91 Å². The van der Waals surface area contributed by atoms with E-state index in [1.54, 1.807) is 0 Å². The van der Waals surface area contributed by atoms with Gasteiger partial charge in [-0.25, -0.2) is 4.57 Å². The summed E-state index contributed by atoms with van der Waals surface area (Å²) < 4.78 is 169. The summed E-state index contributed by atoms with van der Waals surface area (Å²) in [5, 5.41) is 0. The van der Waals surface area contributed by atoms with Gasteiger partial charge < -0.3 is 0 Å². The zero-order valence-corrected chi connectivity index (χ0v) is 15.9. The van der Waals surface area contributed by atoms with Crippen molar-refractivity contribution in [2.75, 3.05) is 0 Å². The minimum atomic E-state index is -8.02. The third-order valence-corrected chi connectivity index (χ3v) is 9.53. The fourth-order valence-corrected chi connectivity index (χ4v) is 6.94. The number of aryl methyl sites for hydroxylation is 1. The maximum Gasteiger partial charge on any atom is 0.470 e. The Hall–Kier alpha value is -1.63. The predicted molar refractivity (Wildman–Crippen MR) is 75.8 cm³/mol. The maximum atomic E-state index is 12.0. The van der Waals surface area contributed by atoms with E-state index in [-0.39, 0.29) is 0 Å². The molecule has 0 fully saturated rings. The lowest BCUT2D eigenvalue weighted by Gasteiger charge is -2.31. The maximum absolute atomic E-state index is 12.0. The van der Waals surface area contributed by atoms with Crippen molar-refractivity contribution in [1.82, 2.24) is 0 Å². The standard InChI is InChI=1S/C6H8N.C4F9O6S3/c1-7-5-3-2-4-6-7;5-2(6,7)20(14,15)1(21(16,17)3(8,9)10)22(18,19)4(11,12)13/h2-6H,1H3;/q+1;-1. The van der Waals surface area contributed by atoms with Crippen LogP contribution in [0.25, 0.3) is 0 Å². The average molecular weight is 505 g/mol. The van der Waals surface area contributed by atoms with E-state index in [1.165, 1.54) is 0 Å². The highest BCUT2D eigenvalue weighted by Gasteiger charge is 2.63. The number of aromatic nitrogens is 1. The van der Waals surface area contributed by atoms with Crippen molar-refractivity contribution in [2.24, 2.45) is 7.05 Å². The van der Waals surface area contributed by atoms with E-state index in [0.29, 0.717) is 0 Å². The van der Waals surface area contributed by atoms with E-state index in [2.05, 4.69) is 0 Å². The van der Waals surface area contributed by atoms with Gasteiger partial charge in [-0.15, -0.1) is 0 Å². The second-order valence-electron chi connectivity index (χ2n) is 4.64. The smallest absolute Gasteiger partial charge is 0.251 e. The van der Waals surface area contributed by atoms with E-state index in [9.17, 15) is 64.8 Å². The highest BCUT2D eigenvalue weighted by molar-refractivity contribution is 8.29. The van der Waals surface area contributed by atoms with Gasteiger partial charge in [0.2, 0.25) is 0 Å². The third-order valence-electron chi connectivity index (χ3n) is 2.44. The lowest BCUT2D eigenvalue weighted by atomic mass is 10.5. The van der Waals surface area contributed by atoms with Gasteiger partial charge in [0.25, 0.3) is 0 Å². The van der Waals surface area contributed by atoms with Crippen molar-refractivity contribution in [2.45, 2.75) is 16.5 Å². The number of sulfone groups is 3. The zero-order valence-electron chi connectivity index (χ0n) is 13.4. The minimum absolute atomic E-state index is 2.00. The van der Waals surface area contributed by atoms with Crippen molar-refractivity contribution < 1.29 is 69.3 Å². The van der Waals surface area contributed by atoms with E-state index >= 15 is 0 Å². The Morgan fingerprint density at radius 1 is 0.586 bits per heavy atom. The van der Waals surface area contributed by atoms with Gasteiger partial charge in [0.15, 0.2) is 41.9 Å². The molecule has 0 saturated carbocycles. The summed E-state index contributed by atoms with van der Waals surface area (Å²) in [7, 11) is -22.1. The van der Waals surface area contributed by atoms with Crippen molar-refractivity contribution in [3.63, 3.8) is 0 Å². The van der Waals surface area contributed by atoms with Gasteiger partial charge in [-0.3, -0.25) is 25.3 Å². The van der Waals surface area contributed by atoms with Gasteiger partial charge in [-0.2, -0.15) is 39.5 Å². The Balaban J connectivity index is 0.000000929. The van der Waals surface area contributed by atoms with Crippen LogP contribution in [0.15, 0.2) is 30.6 Å². The van der Waals surface area contributed by atoms with Crippen molar-refractivity contribution >= 4 is 29.5 Å². The monoisotopic (exact) mass is 505 g/mol. The second kappa shape index (κ2) is 8.25. The van der Waals surface area contributed by atoms with Crippen molar-refractivity contribution in [1.29, 1.82) is 0 Å². The molecule has 0 atom stereocenters. The molecule has 0 aliphatic carbocycles. The third kappa shape index (κ3) is 5.93. The Labute approximate surface area is 157 Å². The van der Waals surface area contributed by atoms with Crippen LogP contribution in [0.1, 0.15) is 0 Å². The minimum Gasteiger partial charge on any atom is -0.251 e. The first-order valence-electron chi connectivity index (χ1n) is 6.22. The van der Waals surface area contributed by atoms with Gasteiger partial charge in [0, 0.05) is 12.1 Å². The topological polar surface area (TPSA) is 106 Å². The molecule has 0 amide bonds. The molecule has 19 heteroatoms. The molecular formula is C10H8F9NO6S3. The number of pyridine rings is 1. The molecule has 0 bridgehead atoms. The Morgan fingerprint density at radius 2 is 0.828 bits per heavy atom.